The lowest BCUT2D eigenvalue weighted by Gasteiger charge is -2.14. The standard InChI is InChI=1S/C21H20ClN3O2S/c1-13-4-3-5-19(14(13)2)25-21(17-11-28-12-18(17)24-25)23-20(26)10-27-16-8-6-15(22)7-9-16/h3-9H,10-12H2,1-2H3,(H,23,26). The van der Waals surface area contributed by atoms with Gasteiger partial charge in [0.1, 0.15) is 11.6 Å². The number of fused-ring (bicyclic) bond motifs is 1. The molecule has 144 valence electrons. The molecule has 0 saturated carbocycles. The number of nitrogens with zero attached hydrogens (tertiary/aromatic N) is 2. The number of nitrogens with one attached hydrogen (secondary N) is 1. The molecule has 0 bridgehead atoms. The van der Waals surface area contributed by atoms with Crippen molar-refractivity contribution in [2.45, 2.75) is 25.4 Å². The van der Waals surface area contributed by atoms with E-state index in [1.165, 1.54) is 5.56 Å². The summed E-state index contributed by atoms with van der Waals surface area (Å²) in [5.74, 6) is 2.81. The van der Waals surface area contributed by atoms with E-state index in [0.29, 0.717) is 10.8 Å². The lowest BCUT2D eigenvalue weighted by Crippen LogP contribution is -2.22. The van der Waals surface area contributed by atoms with Crippen molar-refractivity contribution in [3.05, 3.63) is 69.9 Å². The van der Waals surface area contributed by atoms with Crippen molar-refractivity contribution in [3.63, 3.8) is 0 Å². The lowest BCUT2D eigenvalue weighted by molar-refractivity contribution is -0.118. The van der Waals surface area contributed by atoms with Crippen molar-refractivity contribution in [3.8, 4) is 11.4 Å². The Morgan fingerprint density at radius 2 is 2.00 bits per heavy atom. The first-order chi connectivity index (χ1) is 13.5. The van der Waals surface area contributed by atoms with Gasteiger partial charge >= 0.3 is 0 Å². The number of benzene rings is 2. The summed E-state index contributed by atoms with van der Waals surface area (Å²) >= 11 is 7.68. The highest BCUT2D eigenvalue weighted by molar-refractivity contribution is 7.98. The van der Waals surface area contributed by atoms with Crippen LogP contribution in [0.1, 0.15) is 22.4 Å². The zero-order valence-electron chi connectivity index (χ0n) is 15.7. The summed E-state index contributed by atoms with van der Waals surface area (Å²) in [6.45, 7) is 4.06. The topological polar surface area (TPSA) is 56.2 Å². The first-order valence-electron chi connectivity index (χ1n) is 8.96. The molecule has 0 unspecified atom stereocenters. The van der Waals surface area contributed by atoms with E-state index >= 15 is 0 Å². The van der Waals surface area contributed by atoms with Crippen LogP contribution in [-0.2, 0) is 16.3 Å². The van der Waals surface area contributed by atoms with Crippen LogP contribution in [0.5, 0.6) is 5.75 Å². The fourth-order valence-electron chi connectivity index (χ4n) is 3.13. The van der Waals surface area contributed by atoms with Gasteiger partial charge in [-0.25, -0.2) is 4.68 Å². The molecule has 7 heteroatoms. The molecule has 3 aromatic rings. The van der Waals surface area contributed by atoms with Crippen molar-refractivity contribution in [2.75, 3.05) is 11.9 Å². The monoisotopic (exact) mass is 413 g/mol. The van der Waals surface area contributed by atoms with Gasteiger partial charge in [0.25, 0.3) is 5.91 Å². The maximum absolute atomic E-state index is 12.6. The zero-order valence-corrected chi connectivity index (χ0v) is 17.2. The Bertz CT molecular complexity index is 1030. The first kappa shape index (κ1) is 18.9. The normalized spacial score (nSPS) is 12.7. The number of hydrogen-bond acceptors (Lipinski definition) is 4. The minimum atomic E-state index is -0.221. The third-order valence-corrected chi connectivity index (χ3v) is 6.02. The Labute approximate surface area is 173 Å². The molecule has 0 fully saturated rings. The Balaban J connectivity index is 1.57. The average molecular weight is 414 g/mol. The van der Waals surface area contributed by atoms with E-state index in [1.54, 1.807) is 36.0 Å². The minimum Gasteiger partial charge on any atom is -0.484 e. The molecule has 1 amide bonds. The van der Waals surface area contributed by atoms with E-state index in [2.05, 4.69) is 25.2 Å². The number of ether oxygens (including phenoxy) is 1. The lowest BCUT2D eigenvalue weighted by atomic mass is 10.1. The van der Waals surface area contributed by atoms with Gasteiger partial charge in [0.15, 0.2) is 6.61 Å². The predicted molar refractivity (Wildman–Crippen MR) is 114 cm³/mol. The highest BCUT2D eigenvalue weighted by Crippen LogP contribution is 2.36. The summed E-state index contributed by atoms with van der Waals surface area (Å²) in [6.07, 6.45) is 0. The molecule has 28 heavy (non-hydrogen) atoms. The van der Waals surface area contributed by atoms with Crippen molar-refractivity contribution in [1.29, 1.82) is 0 Å². The van der Waals surface area contributed by atoms with Gasteiger partial charge in [-0.05, 0) is 55.3 Å². The van der Waals surface area contributed by atoms with Gasteiger partial charge in [-0.3, -0.25) is 4.79 Å². The molecule has 4 rings (SSSR count). The van der Waals surface area contributed by atoms with Crippen LogP contribution < -0.4 is 10.1 Å². The van der Waals surface area contributed by atoms with E-state index in [9.17, 15) is 4.79 Å². The third-order valence-electron chi connectivity index (χ3n) is 4.80. The molecule has 1 aliphatic rings. The van der Waals surface area contributed by atoms with E-state index < -0.39 is 0 Å². The second kappa shape index (κ2) is 7.89. The van der Waals surface area contributed by atoms with E-state index in [0.717, 1.165) is 39.8 Å². The first-order valence-corrected chi connectivity index (χ1v) is 10.5. The van der Waals surface area contributed by atoms with Crippen LogP contribution in [0.3, 0.4) is 0 Å². The molecule has 0 radical (unpaired) electrons. The fraction of sp³-hybridized carbons (Fsp3) is 0.238. The number of carbonyl (C=O) groups excluding carboxylic acids is 1. The van der Waals surface area contributed by atoms with Crippen molar-refractivity contribution < 1.29 is 9.53 Å². The van der Waals surface area contributed by atoms with Gasteiger partial charge in [-0.15, -0.1) is 0 Å². The molecule has 0 saturated heterocycles. The van der Waals surface area contributed by atoms with Crippen LogP contribution in [0.25, 0.3) is 5.69 Å². The molecule has 2 aromatic carbocycles. The minimum absolute atomic E-state index is 0.0818. The molecule has 0 atom stereocenters. The van der Waals surface area contributed by atoms with Gasteiger partial charge in [-0.2, -0.15) is 16.9 Å². The molecule has 5 nitrogen and oxygen atoms in total. The highest BCUT2D eigenvalue weighted by atomic mass is 35.5. The van der Waals surface area contributed by atoms with Crippen molar-refractivity contribution in [1.82, 2.24) is 9.78 Å². The third kappa shape index (κ3) is 3.75. The quantitative estimate of drug-likeness (QED) is 0.645. The number of aromatic nitrogens is 2. The van der Waals surface area contributed by atoms with Crippen LogP contribution in [0, 0.1) is 13.8 Å². The summed E-state index contributed by atoms with van der Waals surface area (Å²) in [6, 6.07) is 13.0. The Morgan fingerprint density at radius 1 is 1.21 bits per heavy atom. The Kier molecular flexibility index (Phi) is 5.33. The number of aryl methyl sites for hydroxylation is 1. The molecule has 2 heterocycles. The summed E-state index contributed by atoms with van der Waals surface area (Å²) in [5.41, 5.74) is 5.43. The number of thioether (sulfide) groups is 1. The van der Waals surface area contributed by atoms with E-state index in [4.69, 9.17) is 21.4 Å². The van der Waals surface area contributed by atoms with Gasteiger partial charge in [-0.1, -0.05) is 23.7 Å². The molecule has 1 aliphatic heterocycles. The smallest absolute Gasteiger partial charge is 0.263 e. The molecule has 0 spiro atoms. The molecule has 0 aliphatic carbocycles. The highest BCUT2D eigenvalue weighted by Gasteiger charge is 2.25. The van der Waals surface area contributed by atoms with Gasteiger partial charge in [0.2, 0.25) is 0 Å². The zero-order chi connectivity index (χ0) is 19.7. The molecule has 1 N–H and O–H groups in total. The number of anilines is 1. The summed E-state index contributed by atoms with van der Waals surface area (Å²) in [7, 11) is 0. The van der Waals surface area contributed by atoms with Gasteiger partial charge in [0, 0.05) is 22.1 Å². The van der Waals surface area contributed by atoms with E-state index in [1.807, 2.05) is 16.8 Å². The van der Waals surface area contributed by atoms with Gasteiger partial charge in [0.05, 0.1) is 11.4 Å². The van der Waals surface area contributed by atoms with Crippen LogP contribution in [0.15, 0.2) is 42.5 Å². The maximum atomic E-state index is 12.6. The van der Waals surface area contributed by atoms with Crippen molar-refractivity contribution >= 4 is 35.1 Å². The predicted octanol–water partition coefficient (Wildman–Crippen LogP) is 4.91. The number of rotatable bonds is 5. The second-order valence-corrected chi connectivity index (χ2v) is 8.11. The van der Waals surface area contributed by atoms with Crippen LogP contribution in [-0.4, -0.2) is 22.3 Å². The summed E-state index contributed by atoms with van der Waals surface area (Å²) in [4.78, 5) is 12.6. The van der Waals surface area contributed by atoms with Gasteiger partial charge < -0.3 is 10.1 Å². The average Bonchev–Trinajstić information content (AvgIpc) is 3.26. The number of carbonyl (C=O) groups is 1. The Hall–Kier alpha value is -2.44. The largest absolute Gasteiger partial charge is 0.484 e. The van der Waals surface area contributed by atoms with E-state index in [-0.39, 0.29) is 12.5 Å². The number of hydrogen-bond donors (Lipinski definition) is 1. The summed E-state index contributed by atoms with van der Waals surface area (Å²) in [5, 5.41) is 8.41. The summed E-state index contributed by atoms with van der Waals surface area (Å²) < 4.78 is 7.43. The molecule has 1 aromatic heterocycles. The maximum Gasteiger partial charge on any atom is 0.263 e. The Morgan fingerprint density at radius 3 is 2.79 bits per heavy atom. The number of amides is 1. The second-order valence-electron chi connectivity index (χ2n) is 6.69. The number of halogens is 1. The van der Waals surface area contributed by atoms with Crippen molar-refractivity contribution in [2.24, 2.45) is 0 Å². The van der Waals surface area contributed by atoms with Crippen LogP contribution in [0.2, 0.25) is 5.02 Å². The fourth-order valence-corrected chi connectivity index (χ4v) is 4.29. The van der Waals surface area contributed by atoms with Crippen LogP contribution >= 0.6 is 23.4 Å². The van der Waals surface area contributed by atoms with Crippen LogP contribution in [0.4, 0.5) is 5.82 Å². The molecular weight excluding hydrogens is 394 g/mol. The molecular formula is C21H20ClN3O2S. The SMILES string of the molecule is Cc1cccc(-n2nc3c(c2NC(=O)COc2ccc(Cl)cc2)CSC3)c1C.